The second-order valence-electron chi connectivity index (χ2n) is 6.58. The molecule has 1 atom stereocenters. The van der Waals surface area contributed by atoms with Gasteiger partial charge in [-0.15, -0.1) is 0 Å². The monoisotopic (exact) mass is 286 g/mol. The van der Waals surface area contributed by atoms with Gasteiger partial charge in [-0.25, -0.2) is 0 Å². The summed E-state index contributed by atoms with van der Waals surface area (Å²) in [5.41, 5.74) is 0.203. The number of carbonyl (C=O) groups is 1. The number of hydrogen-bond donors (Lipinski definition) is 0. The Hall–Kier alpha value is 0.150. The molecule has 3 fully saturated rings. The van der Waals surface area contributed by atoms with E-state index in [4.69, 9.17) is 0 Å². The molecule has 3 rings (SSSR count). The molecule has 0 aromatic heterocycles. The van der Waals surface area contributed by atoms with Gasteiger partial charge in [0, 0.05) is 16.2 Å². The molecular weight excluding hydrogens is 264 g/mol. The van der Waals surface area contributed by atoms with Crippen LogP contribution < -0.4 is 0 Å². The van der Waals surface area contributed by atoms with Crippen LogP contribution in [-0.4, -0.2) is 11.1 Å². The van der Waals surface area contributed by atoms with Crippen molar-refractivity contribution in [2.75, 3.05) is 5.33 Å². The molecule has 0 aromatic rings. The number of fused-ring (bicyclic) bond motifs is 3. The molecule has 3 aliphatic carbocycles. The summed E-state index contributed by atoms with van der Waals surface area (Å²) in [5, 5.41) is 1.02. The standard InChI is InChI=1S/C14H23BrO/c1-12-6-8-13(2,9-7-12)14(3,11(12)16)5-4-10-15/h4-10H2,1-3H3. The van der Waals surface area contributed by atoms with Crippen molar-refractivity contribution >= 4 is 21.7 Å². The predicted octanol–water partition coefficient (Wildman–Crippen LogP) is 4.34. The second kappa shape index (κ2) is 3.83. The van der Waals surface area contributed by atoms with Gasteiger partial charge in [-0.2, -0.15) is 0 Å². The van der Waals surface area contributed by atoms with E-state index in [1.807, 2.05) is 0 Å². The second-order valence-corrected chi connectivity index (χ2v) is 7.37. The van der Waals surface area contributed by atoms with E-state index in [0.717, 1.165) is 31.0 Å². The summed E-state index contributed by atoms with van der Waals surface area (Å²) in [6.07, 6.45) is 6.90. The molecular formula is C14H23BrO. The van der Waals surface area contributed by atoms with Crippen LogP contribution >= 0.6 is 15.9 Å². The zero-order valence-corrected chi connectivity index (χ0v) is 12.3. The lowest BCUT2D eigenvalue weighted by molar-refractivity contribution is -0.167. The van der Waals surface area contributed by atoms with Crippen molar-refractivity contribution in [3.05, 3.63) is 0 Å². The Balaban J connectivity index is 2.32. The van der Waals surface area contributed by atoms with Crippen molar-refractivity contribution in [3.63, 3.8) is 0 Å². The van der Waals surface area contributed by atoms with Gasteiger partial charge < -0.3 is 0 Å². The first-order valence-electron chi connectivity index (χ1n) is 6.49. The van der Waals surface area contributed by atoms with Crippen molar-refractivity contribution in [2.24, 2.45) is 16.2 Å². The zero-order valence-electron chi connectivity index (χ0n) is 10.7. The molecule has 3 aliphatic rings. The maximum atomic E-state index is 12.7. The van der Waals surface area contributed by atoms with Gasteiger partial charge in [0.1, 0.15) is 5.78 Å². The highest BCUT2D eigenvalue weighted by Crippen LogP contribution is 2.64. The Morgan fingerprint density at radius 3 is 2.19 bits per heavy atom. The molecule has 16 heavy (non-hydrogen) atoms. The van der Waals surface area contributed by atoms with E-state index < -0.39 is 0 Å². The molecule has 0 spiro atoms. The smallest absolute Gasteiger partial charge is 0.145 e. The van der Waals surface area contributed by atoms with E-state index in [0.29, 0.717) is 5.78 Å². The van der Waals surface area contributed by atoms with Gasteiger partial charge in [0.25, 0.3) is 0 Å². The Morgan fingerprint density at radius 1 is 1.12 bits per heavy atom. The maximum absolute atomic E-state index is 12.7. The highest BCUT2D eigenvalue weighted by Gasteiger charge is 2.61. The number of rotatable bonds is 3. The van der Waals surface area contributed by atoms with Gasteiger partial charge in [-0.1, -0.05) is 36.7 Å². The van der Waals surface area contributed by atoms with Gasteiger partial charge in [0.15, 0.2) is 0 Å². The fourth-order valence-corrected chi connectivity index (χ4v) is 4.19. The summed E-state index contributed by atoms with van der Waals surface area (Å²) in [6.45, 7) is 6.77. The van der Waals surface area contributed by atoms with Gasteiger partial charge in [0.2, 0.25) is 0 Å². The van der Waals surface area contributed by atoms with Crippen LogP contribution in [0.25, 0.3) is 0 Å². The Labute approximate surface area is 108 Å². The first-order chi connectivity index (χ1) is 7.38. The van der Waals surface area contributed by atoms with Gasteiger partial charge in [-0.05, 0) is 43.9 Å². The lowest BCUT2D eigenvalue weighted by atomic mass is 9.42. The summed E-state index contributed by atoms with van der Waals surface area (Å²) >= 11 is 3.49. The fraction of sp³-hybridized carbons (Fsp3) is 0.929. The van der Waals surface area contributed by atoms with Crippen LogP contribution in [0.5, 0.6) is 0 Å². The van der Waals surface area contributed by atoms with Crippen molar-refractivity contribution < 1.29 is 4.79 Å². The van der Waals surface area contributed by atoms with Crippen LogP contribution in [0.1, 0.15) is 59.3 Å². The first-order valence-corrected chi connectivity index (χ1v) is 7.61. The van der Waals surface area contributed by atoms with Crippen molar-refractivity contribution in [2.45, 2.75) is 59.3 Å². The van der Waals surface area contributed by atoms with Crippen LogP contribution in [0, 0.1) is 16.2 Å². The van der Waals surface area contributed by atoms with E-state index in [2.05, 4.69) is 36.7 Å². The highest BCUT2D eigenvalue weighted by atomic mass is 79.9. The SMILES string of the molecule is CC12CCC(C)(CC1)C(C)(CCCBr)C2=O. The zero-order chi connectivity index (χ0) is 12.0. The minimum atomic E-state index is -0.0635. The summed E-state index contributed by atoms with van der Waals surface area (Å²) in [7, 11) is 0. The molecule has 1 nitrogen and oxygen atoms in total. The molecule has 0 aromatic carbocycles. The largest absolute Gasteiger partial charge is 0.298 e. The molecule has 0 saturated heterocycles. The Bertz CT molecular complexity index is 302. The minimum Gasteiger partial charge on any atom is -0.298 e. The number of hydrogen-bond acceptors (Lipinski definition) is 1. The predicted molar refractivity (Wildman–Crippen MR) is 70.8 cm³/mol. The Kier molecular flexibility index (Phi) is 3.02. The van der Waals surface area contributed by atoms with Crippen LogP contribution in [0.15, 0.2) is 0 Å². The number of ketones is 1. The molecule has 0 radical (unpaired) electrons. The first kappa shape index (κ1) is 12.6. The van der Waals surface area contributed by atoms with Crippen molar-refractivity contribution in [3.8, 4) is 0 Å². The van der Waals surface area contributed by atoms with Gasteiger partial charge in [-0.3, -0.25) is 4.79 Å². The van der Waals surface area contributed by atoms with Crippen molar-refractivity contribution in [1.29, 1.82) is 0 Å². The molecule has 3 saturated carbocycles. The summed E-state index contributed by atoms with van der Waals surface area (Å²) in [4.78, 5) is 12.7. The van der Waals surface area contributed by atoms with E-state index >= 15 is 0 Å². The maximum Gasteiger partial charge on any atom is 0.145 e. The average molecular weight is 287 g/mol. The lowest BCUT2D eigenvalue weighted by Crippen LogP contribution is -2.59. The van der Waals surface area contributed by atoms with Crippen molar-refractivity contribution in [1.82, 2.24) is 0 Å². The fourth-order valence-electron chi connectivity index (χ4n) is 3.91. The summed E-state index contributed by atoms with van der Waals surface area (Å²) in [6, 6.07) is 0. The molecule has 0 N–H and O–H groups in total. The third-order valence-corrected chi connectivity index (χ3v) is 6.21. The lowest BCUT2D eigenvalue weighted by Gasteiger charge is -2.60. The van der Waals surface area contributed by atoms with Gasteiger partial charge in [0.05, 0.1) is 0 Å². The number of alkyl halides is 1. The van der Waals surface area contributed by atoms with E-state index in [1.54, 1.807) is 0 Å². The minimum absolute atomic E-state index is 0.00117. The van der Waals surface area contributed by atoms with Crippen LogP contribution in [-0.2, 0) is 4.79 Å². The van der Waals surface area contributed by atoms with E-state index in [9.17, 15) is 4.79 Å². The summed E-state index contributed by atoms with van der Waals surface area (Å²) < 4.78 is 0. The van der Waals surface area contributed by atoms with E-state index in [1.165, 1.54) is 12.8 Å². The number of halogens is 1. The van der Waals surface area contributed by atoms with Crippen LogP contribution in [0.4, 0.5) is 0 Å². The molecule has 1 unspecified atom stereocenters. The Morgan fingerprint density at radius 2 is 1.69 bits per heavy atom. The van der Waals surface area contributed by atoms with Gasteiger partial charge >= 0.3 is 0 Å². The molecule has 2 heteroatoms. The number of carbonyl (C=O) groups excluding carboxylic acids is 1. The molecule has 2 bridgehead atoms. The third-order valence-electron chi connectivity index (χ3n) is 5.65. The molecule has 0 amide bonds. The molecule has 0 aliphatic heterocycles. The normalized spacial score (nSPS) is 47.4. The van der Waals surface area contributed by atoms with Crippen LogP contribution in [0.2, 0.25) is 0 Å². The summed E-state index contributed by atoms with van der Waals surface area (Å²) in [5.74, 6) is 0.556. The molecule has 0 heterocycles. The highest BCUT2D eigenvalue weighted by molar-refractivity contribution is 9.09. The van der Waals surface area contributed by atoms with E-state index in [-0.39, 0.29) is 16.2 Å². The topological polar surface area (TPSA) is 17.1 Å². The average Bonchev–Trinajstić information content (AvgIpc) is 2.27. The quantitative estimate of drug-likeness (QED) is 0.706. The third kappa shape index (κ3) is 1.52. The van der Waals surface area contributed by atoms with Crippen LogP contribution in [0.3, 0.4) is 0 Å². The number of Topliss-reactive ketones (excluding diaryl/α,β-unsaturated/α-hetero) is 1. The molecule has 92 valence electrons.